The number of amidine groups is 1. The highest BCUT2D eigenvalue weighted by Gasteiger charge is 2.19. The van der Waals surface area contributed by atoms with E-state index in [2.05, 4.69) is 24.0 Å². The topological polar surface area (TPSA) is 62.3 Å². The van der Waals surface area contributed by atoms with Gasteiger partial charge in [0.05, 0.1) is 6.10 Å². The molecule has 1 aromatic carbocycles. The van der Waals surface area contributed by atoms with E-state index in [-0.39, 0.29) is 5.84 Å². The van der Waals surface area contributed by atoms with E-state index in [0.717, 1.165) is 43.7 Å². The second-order valence-electron chi connectivity index (χ2n) is 5.05. The first kappa shape index (κ1) is 13.9. The molecule has 0 atom stereocenters. The number of ether oxygens (including phenoxy) is 1. The monoisotopic (exact) mass is 261 g/mol. The summed E-state index contributed by atoms with van der Waals surface area (Å²) in [6.07, 6.45) is 2.58. The Labute approximate surface area is 115 Å². The lowest BCUT2D eigenvalue weighted by Gasteiger charge is -2.33. The summed E-state index contributed by atoms with van der Waals surface area (Å²) in [5.41, 5.74) is 8.66. The van der Waals surface area contributed by atoms with Crippen LogP contribution in [0.15, 0.2) is 18.2 Å². The summed E-state index contributed by atoms with van der Waals surface area (Å²) < 4.78 is 5.67. The Morgan fingerprint density at radius 1 is 1.42 bits per heavy atom. The van der Waals surface area contributed by atoms with E-state index in [1.54, 1.807) is 0 Å². The molecule has 1 aromatic rings. The number of nitrogens with zero attached hydrogens (tertiary/aromatic N) is 1. The zero-order chi connectivity index (χ0) is 13.8. The van der Waals surface area contributed by atoms with Crippen LogP contribution in [0.4, 0.5) is 5.69 Å². The van der Waals surface area contributed by atoms with Gasteiger partial charge in [0.15, 0.2) is 0 Å². The fourth-order valence-corrected chi connectivity index (χ4v) is 2.66. The highest BCUT2D eigenvalue weighted by atomic mass is 16.5. The Balaban J connectivity index is 2.04. The minimum atomic E-state index is 0.138. The number of hydrogen-bond acceptors (Lipinski definition) is 3. The Kier molecular flexibility index (Phi) is 4.43. The van der Waals surface area contributed by atoms with E-state index < -0.39 is 0 Å². The molecule has 104 valence electrons. The van der Waals surface area contributed by atoms with Crippen LogP contribution in [-0.4, -0.2) is 31.6 Å². The number of aryl methyl sites for hydroxylation is 1. The molecule has 1 aliphatic rings. The van der Waals surface area contributed by atoms with Gasteiger partial charge in [-0.15, -0.1) is 0 Å². The fourth-order valence-electron chi connectivity index (χ4n) is 2.66. The summed E-state index contributed by atoms with van der Waals surface area (Å²) in [4.78, 5) is 2.38. The first-order valence-electron chi connectivity index (χ1n) is 6.93. The van der Waals surface area contributed by atoms with Crippen LogP contribution in [-0.2, 0) is 4.74 Å². The molecule has 0 bridgehead atoms. The number of piperidine rings is 1. The van der Waals surface area contributed by atoms with Gasteiger partial charge in [-0.25, -0.2) is 0 Å². The van der Waals surface area contributed by atoms with Crippen molar-refractivity contribution in [3.63, 3.8) is 0 Å². The van der Waals surface area contributed by atoms with E-state index in [1.807, 2.05) is 13.0 Å². The van der Waals surface area contributed by atoms with Crippen LogP contribution in [0.3, 0.4) is 0 Å². The van der Waals surface area contributed by atoms with Crippen molar-refractivity contribution >= 4 is 11.5 Å². The zero-order valence-corrected chi connectivity index (χ0v) is 11.8. The highest BCUT2D eigenvalue weighted by molar-refractivity contribution is 5.96. The molecular formula is C15H23N3O. The van der Waals surface area contributed by atoms with Crippen molar-refractivity contribution in [2.24, 2.45) is 5.73 Å². The summed E-state index contributed by atoms with van der Waals surface area (Å²) in [6, 6.07) is 6.13. The molecule has 0 amide bonds. The molecule has 0 unspecified atom stereocenters. The SMILES string of the molecule is CCOC1CCN(c2ccc(C(=N)N)c(C)c2)CC1. The van der Waals surface area contributed by atoms with Gasteiger partial charge in [0.2, 0.25) is 0 Å². The van der Waals surface area contributed by atoms with E-state index in [1.165, 1.54) is 5.69 Å². The van der Waals surface area contributed by atoms with Crippen LogP contribution in [0.5, 0.6) is 0 Å². The quantitative estimate of drug-likeness (QED) is 0.645. The molecule has 4 nitrogen and oxygen atoms in total. The van der Waals surface area contributed by atoms with Crippen molar-refractivity contribution in [3.8, 4) is 0 Å². The van der Waals surface area contributed by atoms with Gasteiger partial charge >= 0.3 is 0 Å². The number of hydrogen-bond donors (Lipinski definition) is 2. The third kappa shape index (κ3) is 3.26. The molecule has 1 heterocycles. The summed E-state index contributed by atoms with van der Waals surface area (Å²) in [5.74, 6) is 0.138. The van der Waals surface area contributed by atoms with Gasteiger partial charge in [-0.05, 0) is 50.5 Å². The molecule has 19 heavy (non-hydrogen) atoms. The van der Waals surface area contributed by atoms with E-state index in [9.17, 15) is 0 Å². The molecule has 0 spiro atoms. The van der Waals surface area contributed by atoms with Gasteiger partial charge in [-0.3, -0.25) is 5.41 Å². The Hall–Kier alpha value is -1.55. The lowest BCUT2D eigenvalue weighted by atomic mass is 10.0. The third-order valence-corrected chi connectivity index (χ3v) is 3.71. The molecule has 1 fully saturated rings. The summed E-state index contributed by atoms with van der Waals surface area (Å²) >= 11 is 0. The van der Waals surface area contributed by atoms with Crippen LogP contribution >= 0.6 is 0 Å². The standard InChI is InChI=1S/C15H23N3O/c1-3-19-13-6-8-18(9-7-13)12-4-5-14(15(16)17)11(2)10-12/h4-5,10,13H,3,6-9H2,1-2H3,(H3,16,17). The highest BCUT2D eigenvalue weighted by Crippen LogP contribution is 2.23. The molecule has 2 rings (SSSR count). The van der Waals surface area contributed by atoms with Gasteiger partial charge in [0.1, 0.15) is 5.84 Å². The smallest absolute Gasteiger partial charge is 0.123 e. The maximum atomic E-state index is 7.51. The van der Waals surface area contributed by atoms with Gasteiger partial charge in [-0.2, -0.15) is 0 Å². The fraction of sp³-hybridized carbons (Fsp3) is 0.533. The number of nitrogen functional groups attached to an aromatic ring is 1. The van der Waals surface area contributed by atoms with Crippen LogP contribution in [0, 0.1) is 12.3 Å². The second kappa shape index (κ2) is 6.06. The lowest BCUT2D eigenvalue weighted by Crippen LogP contribution is -2.37. The molecule has 3 N–H and O–H groups in total. The van der Waals surface area contributed by atoms with Crippen molar-refractivity contribution in [2.75, 3.05) is 24.6 Å². The number of nitrogens with two attached hydrogens (primary N) is 1. The Morgan fingerprint density at radius 2 is 2.11 bits per heavy atom. The molecule has 0 aliphatic carbocycles. The lowest BCUT2D eigenvalue weighted by molar-refractivity contribution is 0.0459. The number of nitrogens with one attached hydrogen (secondary N) is 1. The van der Waals surface area contributed by atoms with E-state index >= 15 is 0 Å². The van der Waals surface area contributed by atoms with Crippen molar-refractivity contribution in [3.05, 3.63) is 29.3 Å². The number of anilines is 1. The van der Waals surface area contributed by atoms with Crippen LogP contribution in [0.25, 0.3) is 0 Å². The first-order chi connectivity index (χ1) is 9.11. The van der Waals surface area contributed by atoms with Crippen molar-refractivity contribution in [2.45, 2.75) is 32.8 Å². The average Bonchev–Trinajstić information content (AvgIpc) is 2.39. The van der Waals surface area contributed by atoms with E-state index in [4.69, 9.17) is 15.9 Å². The molecule has 1 saturated heterocycles. The van der Waals surface area contributed by atoms with Crippen molar-refractivity contribution < 1.29 is 4.74 Å². The van der Waals surface area contributed by atoms with Gasteiger partial charge in [0.25, 0.3) is 0 Å². The summed E-state index contributed by atoms with van der Waals surface area (Å²) in [7, 11) is 0. The van der Waals surface area contributed by atoms with Crippen molar-refractivity contribution in [1.82, 2.24) is 0 Å². The Bertz CT molecular complexity index is 451. The molecule has 0 saturated carbocycles. The minimum Gasteiger partial charge on any atom is -0.384 e. The largest absolute Gasteiger partial charge is 0.384 e. The number of rotatable bonds is 4. The normalized spacial score (nSPS) is 16.6. The maximum Gasteiger partial charge on any atom is 0.123 e. The molecular weight excluding hydrogens is 238 g/mol. The third-order valence-electron chi connectivity index (χ3n) is 3.71. The molecule has 0 radical (unpaired) electrons. The van der Waals surface area contributed by atoms with E-state index in [0.29, 0.717) is 6.10 Å². The molecule has 1 aliphatic heterocycles. The minimum absolute atomic E-state index is 0.138. The predicted octanol–water partition coefficient (Wildman–Crippen LogP) is 2.28. The first-order valence-corrected chi connectivity index (χ1v) is 6.93. The summed E-state index contributed by atoms with van der Waals surface area (Å²) in [5, 5.41) is 7.51. The predicted molar refractivity (Wildman–Crippen MR) is 79.1 cm³/mol. The average molecular weight is 261 g/mol. The van der Waals surface area contributed by atoms with Crippen LogP contribution in [0.2, 0.25) is 0 Å². The number of benzene rings is 1. The molecule has 0 aromatic heterocycles. The van der Waals surface area contributed by atoms with Gasteiger partial charge in [-0.1, -0.05) is 0 Å². The zero-order valence-electron chi connectivity index (χ0n) is 11.8. The van der Waals surface area contributed by atoms with Crippen LogP contribution < -0.4 is 10.6 Å². The second-order valence-corrected chi connectivity index (χ2v) is 5.05. The molecule has 4 heteroatoms. The Morgan fingerprint density at radius 3 is 2.63 bits per heavy atom. The van der Waals surface area contributed by atoms with Gasteiger partial charge in [0, 0.05) is 30.9 Å². The maximum absolute atomic E-state index is 7.51. The van der Waals surface area contributed by atoms with Crippen molar-refractivity contribution in [1.29, 1.82) is 5.41 Å². The summed E-state index contributed by atoms with van der Waals surface area (Å²) in [6.45, 7) is 6.92. The van der Waals surface area contributed by atoms with Gasteiger partial charge < -0.3 is 15.4 Å². The van der Waals surface area contributed by atoms with Crippen LogP contribution in [0.1, 0.15) is 30.9 Å².